The summed E-state index contributed by atoms with van der Waals surface area (Å²) in [6.07, 6.45) is 3.55. The van der Waals surface area contributed by atoms with E-state index in [9.17, 15) is 0 Å². The molecule has 0 aliphatic carbocycles. The second-order valence-electron chi connectivity index (χ2n) is 9.45. The van der Waals surface area contributed by atoms with Crippen LogP contribution in [0.2, 0.25) is 0 Å². The van der Waals surface area contributed by atoms with E-state index in [4.69, 9.17) is 4.98 Å². The van der Waals surface area contributed by atoms with Crippen molar-refractivity contribution in [3.05, 3.63) is 122 Å². The van der Waals surface area contributed by atoms with Crippen molar-refractivity contribution < 1.29 is 0 Å². The average Bonchev–Trinajstić information content (AvgIpc) is 3.35. The minimum absolute atomic E-state index is 0.952. The maximum Gasteiger partial charge on any atom is 0.0971 e. The molecule has 0 saturated carbocycles. The molecule has 2 nitrogen and oxygen atoms in total. The number of benzene rings is 6. The van der Waals surface area contributed by atoms with E-state index in [1.807, 2.05) is 11.3 Å². The molecule has 0 amide bonds. The molecule has 0 aliphatic heterocycles. The van der Waals surface area contributed by atoms with E-state index >= 15 is 0 Å². The molecule has 0 unspecified atom stereocenters. The van der Waals surface area contributed by atoms with Crippen LogP contribution in [-0.2, 0) is 0 Å². The Morgan fingerprint density at radius 2 is 0.946 bits per heavy atom. The van der Waals surface area contributed by atoms with Crippen molar-refractivity contribution in [1.82, 2.24) is 9.97 Å². The van der Waals surface area contributed by atoms with Gasteiger partial charge in [-0.1, -0.05) is 78.9 Å². The summed E-state index contributed by atoms with van der Waals surface area (Å²) in [7, 11) is 0. The Labute approximate surface area is 217 Å². The van der Waals surface area contributed by atoms with Crippen LogP contribution in [0, 0.1) is 0 Å². The Balaban J connectivity index is 1.31. The zero-order valence-corrected chi connectivity index (χ0v) is 20.7. The number of nitrogens with zero attached hydrogens (tertiary/aromatic N) is 2. The van der Waals surface area contributed by atoms with Gasteiger partial charge in [0, 0.05) is 43.3 Å². The summed E-state index contributed by atoms with van der Waals surface area (Å²) in [6, 6.07) is 39.6. The molecule has 37 heavy (non-hydrogen) atoms. The van der Waals surface area contributed by atoms with Gasteiger partial charge in [0.05, 0.1) is 11.0 Å². The largest absolute Gasteiger partial charge is 0.252 e. The Morgan fingerprint density at radius 3 is 1.73 bits per heavy atom. The van der Waals surface area contributed by atoms with Crippen LogP contribution >= 0.6 is 11.3 Å². The molecule has 0 aliphatic rings. The van der Waals surface area contributed by atoms with Gasteiger partial charge in [0.2, 0.25) is 0 Å². The van der Waals surface area contributed by atoms with Crippen molar-refractivity contribution in [2.24, 2.45) is 0 Å². The molecule has 0 fully saturated rings. The Kier molecular flexibility index (Phi) is 4.42. The number of rotatable bonds is 2. The second kappa shape index (κ2) is 7.95. The number of thiophene rings is 1. The third-order valence-corrected chi connectivity index (χ3v) is 8.50. The minimum Gasteiger partial charge on any atom is -0.252 e. The zero-order valence-electron chi connectivity index (χ0n) is 19.8. The van der Waals surface area contributed by atoms with Crippen molar-refractivity contribution >= 4 is 64.1 Å². The summed E-state index contributed by atoms with van der Waals surface area (Å²) in [5, 5.41) is 7.35. The average molecular weight is 489 g/mol. The molecule has 2 aromatic heterocycles. The lowest BCUT2D eigenvalue weighted by atomic mass is 9.94. The minimum atomic E-state index is 0.952. The lowest BCUT2D eigenvalue weighted by Crippen LogP contribution is -1.89. The highest BCUT2D eigenvalue weighted by molar-refractivity contribution is 7.25. The summed E-state index contributed by atoms with van der Waals surface area (Å²) in [5.41, 5.74) is 6.78. The first kappa shape index (κ1) is 20.6. The van der Waals surface area contributed by atoms with E-state index in [1.54, 1.807) is 12.4 Å². The van der Waals surface area contributed by atoms with Gasteiger partial charge in [-0.25, -0.2) is 0 Å². The summed E-state index contributed by atoms with van der Waals surface area (Å²) in [5.74, 6) is 0. The predicted molar refractivity (Wildman–Crippen MR) is 158 cm³/mol. The van der Waals surface area contributed by atoms with Crippen molar-refractivity contribution in [3.63, 3.8) is 0 Å². The molecule has 0 spiro atoms. The number of hydrogen-bond donors (Lipinski definition) is 0. The molecule has 0 atom stereocenters. The zero-order chi connectivity index (χ0) is 24.3. The quantitative estimate of drug-likeness (QED) is 0.226. The summed E-state index contributed by atoms with van der Waals surface area (Å²) >= 11 is 1.86. The van der Waals surface area contributed by atoms with E-state index in [2.05, 4.69) is 114 Å². The highest BCUT2D eigenvalue weighted by Gasteiger charge is 2.12. The predicted octanol–water partition coefficient (Wildman–Crippen LogP) is 9.64. The molecule has 8 aromatic rings. The maximum absolute atomic E-state index is 4.70. The van der Waals surface area contributed by atoms with E-state index < -0.39 is 0 Å². The van der Waals surface area contributed by atoms with Gasteiger partial charge in [0.15, 0.2) is 0 Å². The SMILES string of the molecule is c1cc(-c2ccc3sc4ccccc4c3c2)cc(-c2ccc3c(c2)c2ccccc2c2nccnc32)c1. The molecular formula is C34H20N2S. The van der Waals surface area contributed by atoms with Gasteiger partial charge in [-0.3, -0.25) is 9.97 Å². The third-order valence-electron chi connectivity index (χ3n) is 7.35. The molecular weight excluding hydrogens is 468 g/mol. The van der Waals surface area contributed by atoms with Crippen LogP contribution < -0.4 is 0 Å². The topological polar surface area (TPSA) is 25.8 Å². The van der Waals surface area contributed by atoms with Gasteiger partial charge in [0.1, 0.15) is 0 Å². The van der Waals surface area contributed by atoms with Gasteiger partial charge in [-0.2, -0.15) is 0 Å². The number of fused-ring (bicyclic) bond motifs is 9. The first-order valence-corrected chi connectivity index (χ1v) is 13.2. The monoisotopic (exact) mass is 488 g/mol. The third kappa shape index (κ3) is 3.18. The van der Waals surface area contributed by atoms with Gasteiger partial charge >= 0.3 is 0 Å². The Hall–Kier alpha value is -4.60. The standard InChI is InChI=1S/C34H20N2S/c1-2-10-27-25(8-1)29-19-23(12-14-28(29)34-33(27)35-16-17-36-34)21-6-5-7-22(18-21)24-13-15-32-30(20-24)26-9-3-4-11-31(26)37-32/h1-20H. The van der Waals surface area contributed by atoms with E-state index in [-0.39, 0.29) is 0 Å². The molecule has 2 heterocycles. The molecule has 0 radical (unpaired) electrons. The van der Waals surface area contributed by atoms with Crippen LogP contribution in [0.5, 0.6) is 0 Å². The Bertz CT molecular complexity index is 2120. The normalized spacial score (nSPS) is 11.8. The van der Waals surface area contributed by atoms with Crippen LogP contribution in [0.1, 0.15) is 0 Å². The molecule has 0 N–H and O–H groups in total. The van der Waals surface area contributed by atoms with Crippen molar-refractivity contribution in [2.75, 3.05) is 0 Å². The lowest BCUT2D eigenvalue weighted by molar-refractivity contribution is 1.31. The summed E-state index contributed by atoms with van der Waals surface area (Å²) in [4.78, 5) is 9.36. The molecule has 8 rings (SSSR count). The Morgan fingerprint density at radius 1 is 0.378 bits per heavy atom. The first-order valence-electron chi connectivity index (χ1n) is 12.4. The van der Waals surface area contributed by atoms with Crippen LogP contribution in [-0.4, -0.2) is 9.97 Å². The van der Waals surface area contributed by atoms with E-state index in [0.717, 1.165) is 21.8 Å². The fourth-order valence-corrected chi connectivity index (χ4v) is 6.68. The van der Waals surface area contributed by atoms with Crippen LogP contribution in [0.15, 0.2) is 122 Å². The molecule has 0 bridgehead atoms. The lowest BCUT2D eigenvalue weighted by Gasteiger charge is -2.11. The van der Waals surface area contributed by atoms with E-state index in [0.29, 0.717) is 0 Å². The van der Waals surface area contributed by atoms with Crippen LogP contribution in [0.4, 0.5) is 0 Å². The molecule has 172 valence electrons. The van der Waals surface area contributed by atoms with Gasteiger partial charge in [-0.05, 0) is 63.4 Å². The maximum atomic E-state index is 4.70. The van der Waals surface area contributed by atoms with Gasteiger partial charge < -0.3 is 0 Å². The van der Waals surface area contributed by atoms with Crippen molar-refractivity contribution in [1.29, 1.82) is 0 Å². The second-order valence-corrected chi connectivity index (χ2v) is 10.5. The van der Waals surface area contributed by atoms with E-state index in [1.165, 1.54) is 53.2 Å². The van der Waals surface area contributed by atoms with Gasteiger partial charge in [-0.15, -0.1) is 11.3 Å². The fourth-order valence-electron chi connectivity index (χ4n) is 5.59. The van der Waals surface area contributed by atoms with Crippen molar-refractivity contribution in [2.45, 2.75) is 0 Å². The molecule has 0 saturated heterocycles. The van der Waals surface area contributed by atoms with Crippen LogP contribution in [0.25, 0.3) is 75.0 Å². The number of aromatic nitrogens is 2. The molecule has 6 aromatic carbocycles. The van der Waals surface area contributed by atoms with Crippen LogP contribution in [0.3, 0.4) is 0 Å². The first-order chi connectivity index (χ1) is 18.3. The fraction of sp³-hybridized carbons (Fsp3) is 0. The van der Waals surface area contributed by atoms with Crippen molar-refractivity contribution in [3.8, 4) is 22.3 Å². The smallest absolute Gasteiger partial charge is 0.0971 e. The summed E-state index contributed by atoms with van der Waals surface area (Å²) in [6.45, 7) is 0. The highest BCUT2D eigenvalue weighted by atomic mass is 32.1. The molecule has 3 heteroatoms. The summed E-state index contributed by atoms with van der Waals surface area (Å²) < 4.78 is 2.67. The number of hydrogen-bond acceptors (Lipinski definition) is 3. The highest BCUT2D eigenvalue weighted by Crippen LogP contribution is 2.38. The van der Waals surface area contributed by atoms with Gasteiger partial charge in [0.25, 0.3) is 0 Å².